The second-order valence-corrected chi connectivity index (χ2v) is 7.05. The fourth-order valence-corrected chi connectivity index (χ4v) is 3.41. The number of aliphatic hydroxyl groups is 3. The van der Waals surface area contributed by atoms with E-state index in [0.29, 0.717) is 25.7 Å². The molecule has 158 valence electrons. The lowest BCUT2D eigenvalue weighted by Crippen LogP contribution is -2.20. The Kier molecular flexibility index (Phi) is 15.2. The van der Waals surface area contributed by atoms with Gasteiger partial charge in [-0.05, 0) is 31.6 Å². The lowest BCUT2D eigenvalue weighted by Gasteiger charge is -2.19. The molecule has 1 aliphatic rings. The number of allylic oxidation sites excluding steroid dienone is 2. The predicted octanol–water partition coefficient (Wildman–Crippen LogP) is 4.07. The molecule has 5 atom stereocenters. The number of aliphatic carboxylic acids is 1. The minimum Gasteiger partial charge on any atom is -0.481 e. The summed E-state index contributed by atoms with van der Waals surface area (Å²) in [6, 6.07) is 0. The highest BCUT2D eigenvalue weighted by molar-refractivity contribution is 5.66. The minimum absolute atomic E-state index is 0.0650. The average molecular weight is 385 g/mol. The van der Waals surface area contributed by atoms with Gasteiger partial charge in [0.15, 0.2) is 0 Å². The van der Waals surface area contributed by atoms with E-state index in [1.807, 2.05) is 32.1 Å². The van der Waals surface area contributed by atoms with Crippen molar-refractivity contribution >= 4 is 5.97 Å². The lowest BCUT2D eigenvalue weighted by molar-refractivity contribution is -0.137. The van der Waals surface area contributed by atoms with Crippen molar-refractivity contribution in [2.75, 3.05) is 0 Å². The number of rotatable bonds is 12. The molecule has 4 N–H and O–H groups in total. The highest BCUT2D eigenvalue weighted by Crippen LogP contribution is 2.36. The van der Waals surface area contributed by atoms with Gasteiger partial charge in [0.05, 0.1) is 18.3 Å². The molecule has 0 amide bonds. The van der Waals surface area contributed by atoms with Gasteiger partial charge in [-0.1, -0.05) is 64.3 Å². The molecule has 0 aromatic heterocycles. The third kappa shape index (κ3) is 11.3. The Morgan fingerprint density at radius 3 is 2.44 bits per heavy atom. The number of aliphatic hydroxyl groups excluding tert-OH is 3. The number of carbonyl (C=O) groups is 1. The summed E-state index contributed by atoms with van der Waals surface area (Å²) in [5, 5.41) is 39.0. The maximum absolute atomic E-state index is 10.5. The van der Waals surface area contributed by atoms with E-state index in [0.717, 1.165) is 25.7 Å². The van der Waals surface area contributed by atoms with Gasteiger partial charge in [0.25, 0.3) is 0 Å². The van der Waals surface area contributed by atoms with E-state index in [9.17, 15) is 20.1 Å². The molecular formula is C22H40O5. The number of carboxylic acid groups (broad SMARTS) is 1. The zero-order valence-electron chi connectivity index (χ0n) is 17.3. The van der Waals surface area contributed by atoms with E-state index >= 15 is 0 Å². The average Bonchev–Trinajstić information content (AvgIpc) is 2.90. The molecule has 0 bridgehead atoms. The second kappa shape index (κ2) is 15.8. The van der Waals surface area contributed by atoms with Crippen LogP contribution in [0.1, 0.15) is 78.6 Å². The number of hydrogen-bond acceptors (Lipinski definition) is 4. The molecule has 0 heterocycles. The van der Waals surface area contributed by atoms with Crippen LogP contribution in [-0.2, 0) is 4.79 Å². The lowest BCUT2D eigenvalue weighted by atomic mass is 9.89. The third-order valence-electron chi connectivity index (χ3n) is 4.91. The molecule has 5 nitrogen and oxygen atoms in total. The second-order valence-electron chi connectivity index (χ2n) is 7.05. The largest absolute Gasteiger partial charge is 0.481 e. The number of hydrogen-bond donors (Lipinski definition) is 4. The Balaban J connectivity index is 0.00000326. The van der Waals surface area contributed by atoms with Gasteiger partial charge in [0.1, 0.15) is 0 Å². The molecule has 0 saturated heterocycles. The quantitative estimate of drug-likeness (QED) is 0.300. The normalized spacial score (nSPS) is 26.3. The first kappa shape index (κ1) is 25.8. The highest BCUT2D eigenvalue weighted by Gasteiger charge is 2.39. The monoisotopic (exact) mass is 384 g/mol. The van der Waals surface area contributed by atoms with Crippen molar-refractivity contribution in [2.24, 2.45) is 11.8 Å². The van der Waals surface area contributed by atoms with Gasteiger partial charge in [0, 0.05) is 18.8 Å². The van der Waals surface area contributed by atoms with Gasteiger partial charge in [0.2, 0.25) is 0 Å². The van der Waals surface area contributed by atoms with Crippen molar-refractivity contribution in [3.8, 4) is 0 Å². The predicted molar refractivity (Wildman–Crippen MR) is 109 cm³/mol. The Morgan fingerprint density at radius 1 is 1.11 bits per heavy atom. The van der Waals surface area contributed by atoms with E-state index in [4.69, 9.17) is 5.11 Å². The molecule has 1 aliphatic carbocycles. The summed E-state index contributed by atoms with van der Waals surface area (Å²) < 4.78 is 0. The molecule has 0 aromatic carbocycles. The zero-order valence-corrected chi connectivity index (χ0v) is 17.3. The summed E-state index contributed by atoms with van der Waals surface area (Å²) in [6.07, 6.45) is 12.3. The van der Waals surface area contributed by atoms with Crippen LogP contribution in [0.4, 0.5) is 0 Å². The van der Waals surface area contributed by atoms with E-state index in [-0.39, 0.29) is 18.3 Å². The Bertz CT molecular complexity index is 432. The first-order valence-corrected chi connectivity index (χ1v) is 10.5. The summed E-state index contributed by atoms with van der Waals surface area (Å²) in [5.41, 5.74) is 0. The van der Waals surface area contributed by atoms with Crippen molar-refractivity contribution < 1.29 is 25.2 Å². The molecule has 0 unspecified atom stereocenters. The van der Waals surface area contributed by atoms with Gasteiger partial charge in [-0.25, -0.2) is 0 Å². The van der Waals surface area contributed by atoms with Gasteiger partial charge >= 0.3 is 5.97 Å². The minimum atomic E-state index is -0.787. The van der Waals surface area contributed by atoms with Crippen molar-refractivity contribution in [3.63, 3.8) is 0 Å². The molecule has 27 heavy (non-hydrogen) atoms. The van der Waals surface area contributed by atoms with Crippen LogP contribution in [0.25, 0.3) is 0 Å². The Morgan fingerprint density at radius 2 is 1.81 bits per heavy atom. The topological polar surface area (TPSA) is 98.0 Å². The van der Waals surface area contributed by atoms with Crippen molar-refractivity contribution in [1.82, 2.24) is 0 Å². The summed E-state index contributed by atoms with van der Waals surface area (Å²) in [4.78, 5) is 10.5. The number of carboxylic acids is 1. The molecule has 5 heteroatoms. The van der Waals surface area contributed by atoms with E-state index < -0.39 is 24.3 Å². The molecule has 1 saturated carbocycles. The van der Waals surface area contributed by atoms with Crippen LogP contribution in [0.15, 0.2) is 24.3 Å². The summed E-state index contributed by atoms with van der Waals surface area (Å²) in [6.45, 7) is 6.12. The summed E-state index contributed by atoms with van der Waals surface area (Å²) in [5.74, 6) is -1.00. The maximum atomic E-state index is 10.5. The van der Waals surface area contributed by atoms with Gasteiger partial charge in [-0.15, -0.1) is 0 Å². The maximum Gasteiger partial charge on any atom is 0.303 e. The first-order valence-electron chi connectivity index (χ1n) is 10.5. The van der Waals surface area contributed by atoms with Crippen LogP contribution >= 0.6 is 0 Å². The molecular weight excluding hydrogens is 344 g/mol. The third-order valence-corrected chi connectivity index (χ3v) is 4.91. The van der Waals surface area contributed by atoms with E-state index in [1.165, 1.54) is 0 Å². The van der Waals surface area contributed by atoms with Crippen LogP contribution < -0.4 is 0 Å². The SMILES string of the molecule is CC.CCCCC[C@H](O)/C=C/[C@@H]1[C@@H](C/C=C\CCCC(=O)O)[C@@H](O)C[C@H]1O. The zero-order chi connectivity index (χ0) is 20.7. The fraction of sp³-hybridized carbons (Fsp3) is 0.773. The smallest absolute Gasteiger partial charge is 0.303 e. The van der Waals surface area contributed by atoms with Crippen LogP contribution in [0.3, 0.4) is 0 Å². The molecule has 0 aromatic rings. The summed E-state index contributed by atoms with van der Waals surface area (Å²) >= 11 is 0. The molecule has 0 spiro atoms. The standard InChI is InChI=1S/C20H34O5.C2H6/c1-2-3-6-9-15(21)12-13-17-16(18(22)14-19(17)23)10-7-4-5-8-11-20(24)25;1-2/h4,7,12-13,15-19,21-23H,2-3,5-6,8-11,14H2,1H3,(H,24,25);1-2H3/b7-4-,13-12+;/t15-,16+,17+,18-,19+;/m0./s1. The van der Waals surface area contributed by atoms with Crippen LogP contribution in [0.2, 0.25) is 0 Å². The fourth-order valence-electron chi connectivity index (χ4n) is 3.41. The van der Waals surface area contributed by atoms with Crippen molar-refractivity contribution in [1.29, 1.82) is 0 Å². The molecule has 1 rings (SSSR count). The Labute approximate surface area is 164 Å². The molecule has 0 aliphatic heterocycles. The van der Waals surface area contributed by atoms with Gasteiger partial charge in [-0.3, -0.25) is 4.79 Å². The summed E-state index contributed by atoms with van der Waals surface area (Å²) in [7, 11) is 0. The van der Waals surface area contributed by atoms with E-state index in [2.05, 4.69) is 6.92 Å². The van der Waals surface area contributed by atoms with Gasteiger partial charge < -0.3 is 20.4 Å². The molecule has 0 radical (unpaired) electrons. The van der Waals surface area contributed by atoms with E-state index in [1.54, 1.807) is 6.08 Å². The van der Waals surface area contributed by atoms with Crippen molar-refractivity contribution in [2.45, 2.75) is 96.9 Å². The number of unbranched alkanes of at least 4 members (excludes halogenated alkanes) is 3. The highest BCUT2D eigenvalue weighted by atomic mass is 16.4. The van der Waals surface area contributed by atoms with Gasteiger partial charge in [-0.2, -0.15) is 0 Å². The van der Waals surface area contributed by atoms with Crippen LogP contribution in [0.5, 0.6) is 0 Å². The van der Waals surface area contributed by atoms with Crippen LogP contribution in [-0.4, -0.2) is 44.7 Å². The molecule has 1 fully saturated rings. The Hall–Kier alpha value is -1.17. The van der Waals surface area contributed by atoms with Crippen LogP contribution in [0, 0.1) is 11.8 Å². The van der Waals surface area contributed by atoms with Crippen molar-refractivity contribution in [3.05, 3.63) is 24.3 Å². The first-order chi connectivity index (χ1) is 13.0.